The van der Waals surface area contributed by atoms with E-state index in [1.807, 2.05) is 0 Å². The molecule has 1 rings (SSSR count). The smallest absolute Gasteiger partial charge is 0.287 e. The first-order valence-electron chi connectivity index (χ1n) is 5.45. The lowest BCUT2D eigenvalue weighted by Crippen LogP contribution is -2.56. The third-order valence-electron chi connectivity index (χ3n) is 2.94. The van der Waals surface area contributed by atoms with E-state index in [4.69, 9.17) is 10.8 Å². The van der Waals surface area contributed by atoms with E-state index in [-0.39, 0.29) is 0 Å². The average Bonchev–Trinajstić information content (AvgIpc) is 2.27. The Labute approximate surface area is 93.2 Å². The van der Waals surface area contributed by atoms with Crippen molar-refractivity contribution in [1.82, 2.24) is 5.32 Å². The quantitative estimate of drug-likeness (QED) is 0.661. The Morgan fingerprint density at radius 3 is 2.44 bits per heavy atom. The van der Waals surface area contributed by atoms with Gasteiger partial charge in [0, 0.05) is 0 Å². The SMILES string of the molecule is NC1(C(=O)NCC(F)(F)CO)CCCCC1. The molecule has 0 aromatic carbocycles. The highest BCUT2D eigenvalue weighted by Crippen LogP contribution is 2.26. The highest BCUT2D eigenvalue weighted by Gasteiger charge is 2.37. The van der Waals surface area contributed by atoms with Crippen molar-refractivity contribution in [2.24, 2.45) is 5.73 Å². The maximum Gasteiger partial charge on any atom is 0.287 e. The van der Waals surface area contributed by atoms with Crippen LogP contribution in [0.25, 0.3) is 0 Å². The van der Waals surface area contributed by atoms with Gasteiger partial charge in [0.1, 0.15) is 6.61 Å². The number of aliphatic hydroxyl groups excluding tert-OH is 1. The fourth-order valence-electron chi connectivity index (χ4n) is 1.85. The summed E-state index contributed by atoms with van der Waals surface area (Å²) in [6.45, 7) is -2.13. The summed E-state index contributed by atoms with van der Waals surface area (Å²) < 4.78 is 25.4. The van der Waals surface area contributed by atoms with Crippen molar-refractivity contribution in [1.29, 1.82) is 0 Å². The second kappa shape index (κ2) is 5.05. The van der Waals surface area contributed by atoms with Crippen LogP contribution in [0.1, 0.15) is 32.1 Å². The maximum atomic E-state index is 12.7. The number of nitrogens with two attached hydrogens (primary N) is 1. The Kier molecular flexibility index (Phi) is 4.21. The zero-order valence-electron chi connectivity index (χ0n) is 9.14. The van der Waals surface area contributed by atoms with Gasteiger partial charge in [0.2, 0.25) is 5.91 Å². The molecule has 0 spiro atoms. The monoisotopic (exact) mass is 236 g/mol. The van der Waals surface area contributed by atoms with Gasteiger partial charge in [-0.05, 0) is 12.8 Å². The lowest BCUT2D eigenvalue weighted by atomic mass is 9.82. The van der Waals surface area contributed by atoms with Crippen LogP contribution in [0.2, 0.25) is 0 Å². The van der Waals surface area contributed by atoms with E-state index < -0.39 is 30.5 Å². The molecule has 1 aliphatic carbocycles. The number of nitrogens with one attached hydrogen (secondary N) is 1. The molecule has 1 saturated carbocycles. The fraction of sp³-hybridized carbons (Fsp3) is 0.900. The molecule has 0 saturated heterocycles. The van der Waals surface area contributed by atoms with Gasteiger partial charge in [0.25, 0.3) is 5.92 Å². The second-order valence-corrected chi connectivity index (χ2v) is 4.41. The van der Waals surface area contributed by atoms with E-state index in [9.17, 15) is 13.6 Å². The molecular formula is C10H18F2N2O2. The molecule has 1 aliphatic rings. The molecule has 4 nitrogen and oxygen atoms in total. The summed E-state index contributed by atoms with van der Waals surface area (Å²) in [6, 6.07) is 0. The molecule has 4 N–H and O–H groups in total. The van der Waals surface area contributed by atoms with Crippen molar-refractivity contribution in [3.8, 4) is 0 Å². The highest BCUT2D eigenvalue weighted by atomic mass is 19.3. The number of amides is 1. The molecule has 0 bridgehead atoms. The van der Waals surface area contributed by atoms with Gasteiger partial charge in [-0.15, -0.1) is 0 Å². The zero-order chi connectivity index (χ0) is 12.2. The van der Waals surface area contributed by atoms with Gasteiger partial charge in [0.15, 0.2) is 0 Å². The van der Waals surface area contributed by atoms with Crippen molar-refractivity contribution in [3.63, 3.8) is 0 Å². The summed E-state index contributed by atoms with van der Waals surface area (Å²) in [5, 5.41) is 10.5. The minimum Gasteiger partial charge on any atom is -0.390 e. The Hall–Kier alpha value is -0.750. The molecule has 0 aromatic heterocycles. The van der Waals surface area contributed by atoms with Gasteiger partial charge < -0.3 is 16.2 Å². The summed E-state index contributed by atoms with van der Waals surface area (Å²) in [5.74, 6) is -3.82. The van der Waals surface area contributed by atoms with Gasteiger partial charge in [-0.3, -0.25) is 4.79 Å². The number of carbonyl (C=O) groups is 1. The number of aliphatic hydroxyl groups is 1. The van der Waals surface area contributed by atoms with Crippen LogP contribution in [0, 0.1) is 0 Å². The Morgan fingerprint density at radius 1 is 1.38 bits per heavy atom. The fourth-order valence-corrected chi connectivity index (χ4v) is 1.85. The topological polar surface area (TPSA) is 75.4 Å². The molecule has 0 aliphatic heterocycles. The van der Waals surface area contributed by atoms with Crippen molar-refractivity contribution in [2.45, 2.75) is 43.6 Å². The normalized spacial score (nSPS) is 20.5. The van der Waals surface area contributed by atoms with Crippen molar-refractivity contribution < 1.29 is 18.7 Å². The predicted octanol–water partition coefficient (Wildman–Crippen LogP) is 0.392. The molecular weight excluding hydrogens is 218 g/mol. The molecule has 6 heteroatoms. The van der Waals surface area contributed by atoms with Crippen LogP contribution in [0.15, 0.2) is 0 Å². The second-order valence-electron chi connectivity index (χ2n) is 4.41. The largest absolute Gasteiger partial charge is 0.390 e. The number of hydrogen-bond donors (Lipinski definition) is 3. The number of carbonyl (C=O) groups excluding carboxylic acids is 1. The minimum absolute atomic E-state index is 0.531. The van der Waals surface area contributed by atoms with E-state index in [1.54, 1.807) is 0 Å². The molecule has 0 unspecified atom stereocenters. The molecule has 94 valence electrons. The van der Waals surface area contributed by atoms with Crippen molar-refractivity contribution in [2.75, 3.05) is 13.2 Å². The zero-order valence-corrected chi connectivity index (χ0v) is 9.14. The Bertz CT molecular complexity index is 253. The van der Waals surface area contributed by atoms with E-state index in [0.29, 0.717) is 12.8 Å². The van der Waals surface area contributed by atoms with Crippen LogP contribution in [0.3, 0.4) is 0 Å². The van der Waals surface area contributed by atoms with E-state index >= 15 is 0 Å². The Balaban J connectivity index is 2.45. The first-order valence-corrected chi connectivity index (χ1v) is 5.45. The summed E-state index contributed by atoms with van der Waals surface area (Å²) in [7, 11) is 0. The van der Waals surface area contributed by atoms with Gasteiger partial charge in [-0.25, -0.2) is 8.78 Å². The van der Waals surface area contributed by atoms with Crippen LogP contribution < -0.4 is 11.1 Å². The lowest BCUT2D eigenvalue weighted by molar-refractivity contribution is -0.130. The van der Waals surface area contributed by atoms with Crippen LogP contribution in [-0.4, -0.2) is 35.6 Å². The maximum absolute atomic E-state index is 12.7. The summed E-state index contributed by atoms with van der Waals surface area (Å²) in [4.78, 5) is 11.6. The van der Waals surface area contributed by atoms with Crippen LogP contribution >= 0.6 is 0 Å². The molecule has 0 aromatic rings. The molecule has 1 fully saturated rings. The van der Waals surface area contributed by atoms with Gasteiger partial charge >= 0.3 is 0 Å². The molecule has 0 radical (unpaired) electrons. The first-order chi connectivity index (χ1) is 7.40. The number of rotatable bonds is 4. The summed E-state index contributed by atoms with van der Waals surface area (Å²) >= 11 is 0. The van der Waals surface area contributed by atoms with E-state index in [1.165, 1.54) is 0 Å². The summed E-state index contributed by atoms with van der Waals surface area (Å²) in [6.07, 6.45) is 3.78. The van der Waals surface area contributed by atoms with Crippen molar-refractivity contribution >= 4 is 5.91 Å². The standard InChI is InChI=1S/C10H18F2N2O2/c11-10(12,7-15)6-14-8(16)9(13)4-2-1-3-5-9/h15H,1-7,13H2,(H,14,16). The number of halogens is 2. The van der Waals surface area contributed by atoms with E-state index in [2.05, 4.69) is 5.32 Å². The van der Waals surface area contributed by atoms with Crippen LogP contribution in [0.4, 0.5) is 8.78 Å². The minimum atomic E-state index is -3.28. The third-order valence-corrected chi connectivity index (χ3v) is 2.94. The predicted molar refractivity (Wildman–Crippen MR) is 55.0 cm³/mol. The average molecular weight is 236 g/mol. The third kappa shape index (κ3) is 3.38. The molecule has 16 heavy (non-hydrogen) atoms. The van der Waals surface area contributed by atoms with Crippen LogP contribution in [-0.2, 0) is 4.79 Å². The molecule has 1 amide bonds. The van der Waals surface area contributed by atoms with Crippen molar-refractivity contribution in [3.05, 3.63) is 0 Å². The number of hydrogen-bond acceptors (Lipinski definition) is 3. The van der Waals surface area contributed by atoms with Crippen LogP contribution in [0.5, 0.6) is 0 Å². The Morgan fingerprint density at radius 2 is 1.94 bits per heavy atom. The highest BCUT2D eigenvalue weighted by molar-refractivity contribution is 5.86. The van der Waals surface area contributed by atoms with Gasteiger partial charge in [0.05, 0.1) is 12.1 Å². The molecule has 0 atom stereocenters. The number of alkyl halides is 2. The van der Waals surface area contributed by atoms with Gasteiger partial charge in [-0.1, -0.05) is 19.3 Å². The first kappa shape index (κ1) is 13.3. The van der Waals surface area contributed by atoms with E-state index in [0.717, 1.165) is 19.3 Å². The lowest BCUT2D eigenvalue weighted by Gasteiger charge is -2.32. The summed E-state index contributed by atoms with van der Waals surface area (Å²) in [5.41, 5.74) is 4.84. The molecule has 0 heterocycles. The van der Waals surface area contributed by atoms with Gasteiger partial charge in [-0.2, -0.15) is 0 Å².